The number of nitrogens with one attached hydrogen (secondary N) is 3. The van der Waals surface area contributed by atoms with Crippen molar-refractivity contribution in [2.75, 3.05) is 12.0 Å². The number of phenols is 1. The van der Waals surface area contributed by atoms with Crippen LogP contribution in [-0.4, -0.2) is 64.0 Å². The molecule has 0 heterocycles. The average molecular weight is 550 g/mol. The molecule has 0 saturated heterocycles. The van der Waals surface area contributed by atoms with Crippen LogP contribution >= 0.6 is 23.4 Å². The molecule has 200 valence electrons. The Balaban J connectivity index is 2.24. The summed E-state index contributed by atoms with van der Waals surface area (Å²) in [5, 5.41) is 27.7. The van der Waals surface area contributed by atoms with Gasteiger partial charge >= 0.3 is 5.97 Å². The van der Waals surface area contributed by atoms with Crippen LogP contribution in [0.4, 0.5) is 0 Å². The van der Waals surface area contributed by atoms with Crippen LogP contribution in [-0.2, 0) is 20.8 Å². The molecular formula is C26H32ClN3O6S. The topological polar surface area (TPSA) is 145 Å². The molecule has 0 bridgehead atoms. The second-order valence-corrected chi connectivity index (χ2v) is 10.2. The van der Waals surface area contributed by atoms with Gasteiger partial charge in [0.1, 0.15) is 23.9 Å². The van der Waals surface area contributed by atoms with Gasteiger partial charge < -0.3 is 26.2 Å². The number of hydrogen-bond donors (Lipinski definition) is 5. The average Bonchev–Trinajstić information content (AvgIpc) is 2.84. The van der Waals surface area contributed by atoms with Gasteiger partial charge in [-0.1, -0.05) is 55.8 Å². The highest BCUT2D eigenvalue weighted by Crippen LogP contribution is 2.22. The zero-order chi connectivity index (χ0) is 27.5. The molecule has 0 radical (unpaired) electrons. The number of aromatic hydroxyl groups is 1. The number of hydrogen-bond acceptors (Lipinski definition) is 6. The number of carbonyl (C=O) groups excluding carboxylic acids is 3. The summed E-state index contributed by atoms with van der Waals surface area (Å²) in [5.41, 5.74) is 0.703. The Morgan fingerprint density at radius 1 is 0.946 bits per heavy atom. The summed E-state index contributed by atoms with van der Waals surface area (Å²) in [5.74, 6) is -3.28. The number of thioether (sulfide) groups is 1. The second kappa shape index (κ2) is 14.5. The van der Waals surface area contributed by atoms with Gasteiger partial charge in [-0.15, -0.1) is 0 Å². The monoisotopic (exact) mass is 549 g/mol. The van der Waals surface area contributed by atoms with Crippen molar-refractivity contribution in [3.8, 4) is 5.75 Å². The molecule has 0 unspecified atom stereocenters. The lowest BCUT2D eigenvalue weighted by atomic mass is 10.00. The number of carboxylic acids is 1. The number of aliphatic carboxylic acids is 1. The van der Waals surface area contributed by atoms with Gasteiger partial charge in [-0.05, 0) is 48.1 Å². The van der Waals surface area contributed by atoms with Crippen molar-refractivity contribution in [3.05, 3.63) is 64.7 Å². The van der Waals surface area contributed by atoms with Crippen molar-refractivity contribution in [2.45, 2.75) is 44.8 Å². The fourth-order valence-corrected chi connectivity index (χ4v) is 4.17. The number of rotatable bonds is 13. The maximum Gasteiger partial charge on any atom is 0.326 e. The maximum atomic E-state index is 13.3. The summed E-state index contributed by atoms with van der Waals surface area (Å²) < 4.78 is 0. The Kier molecular flexibility index (Phi) is 11.7. The molecule has 37 heavy (non-hydrogen) atoms. The smallest absolute Gasteiger partial charge is 0.326 e. The molecule has 0 aliphatic carbocycles. The minimum Gasteiger partial charge on any atom is -0.507 e. The number of benzene rings is 2. The largest absolute Gasteiger partial charge is 0.507 e. The summed E-state index contributed by atoms with van der Waals surface area (Å²) in [6.07, 6.45) is 2.18. The van der Waals surface area contributed by atoms with Crippen molar-refractivity contribution in [3.63, 3.8) is 0 Å². The van der Waals surface area contributed by atoms with Crippen molar-refractivity contribution >= 4 is 47.1 Å². The van der Waals surface area contributed by atoms with Crippen LogP contribution in [0.5, 0.6) is 5.75 Å². The number of halogens is 1. The molecule has 0 aliphatic heterocycles. The van der Waals surface area contributed by atoms with Gasteiger partial charge in [-0.3, -0.25) is 14.4 Å². The number of carboxylic acid groups (broad SMARTS) is 1. The van der Waals surface area contributed by atoms with E-state index in [1.807, 2.05) is 12.3 Å². The molecule has 0 aliphatic rings. The minimum atomic E-state index is -1.16. The molecule has 5 N–H and O–H groups in total. The highest BCUT2D eigenvalue weighted by atomic mass is 35.5. The van der Waals surface area contributed by atoms with Crippen molar-refractivity contribution < 1.29 is 29.4 Å². The van der Waals surface area contributed by atoms with E-state index < -0.39 is 41.8 Å². The van der Waals surface area contributed by atoms with Gasteiger partial charge in [0.15, 0.2) is 0 Å². The van der Waals surface area contributed by atoms with Gasteiger partial charge in [-0.25, -0.2) is 4.79 Å². The molecule has 2 rings (SSSR count). The second-order valence-electron chi connectivity index (χ2n) is 8.79. The summed E-state index contributed by atoms with van der Waals surface area (Å²) in [4.78, 5) is 50.9. The Morgan fingerprint density at radius 3 is 2.16 bits per heavy atom. The van der Waals surface area contributed by atoms with Crippen LogP contribution in [0.3, 0.4) is 0 Å². The van der Waals surface area contributed by atoms with E-state index in [0.717, 1.165) is 5.56 Å². The van der Waals surface area contributed by atoms with E-state index in [4.69, 9.17) is 11.6 Å². The molecule has 3 atom stereocenters. The first kappa shape index (κ1) is 30.0. The van der Waals surface area contributed by atoms with Crippen molar-refractivity contribution in [1.29, 1.82) is 0 Å². The Bertz CT molecular complexity index is 1100. The zero-order valence-corrected chi connectivity index (χ0v) is 22.4. The van der Waals surface area contributed by atoms with Gasteiger partial charge in [0.25, 0.3) is 5.91 Å². The summed E-state index contributed by atoms with van der Waals surface area (Å²) >= 11 is 7.29. The predicted octanol–water partition coefficient (Wildman–Crippen LogP) is 2.85. The van der Waals surface area contributed by atoms with Crippen LogP contribution in [0.1, 0.15) is 36.2 Å². The van der Waals surface area contributed by atoms with E-state index in [0.29, 0.717) is 5.75 Å². The van der Waals surface area contributed by atoms with E-state index in [2.05, 4.69) is 16.0 Å². The van der Waals surface area contributed by atoms with Crippen molar-refractivity contribution in [1.82, 2.24) is 16.0 Å². The lowest BCUT2D eigenvalue weighted by Crippen LogP contribution is -2.57. The third-order valence-electron chi connectivity index (χ3n) is 5.58. The Hall–Kier alpha value is -3.24. The van der Waals surface area contributed by atoms with E-state index in [9.17, 15) is 29.4 Å². The van der Waals surface area contributed by atoms with Crippen LogP contribution in [0.2, 0.25) is 5.02 Å². The lowest BCUT2D eigenvalue weighted by Gasteiger charge is -2.26. The summed E-state index contributed by atoms with van der Waals surface area (Å²) in [6.45, 7) is 3.45. The Morgan fingerprint density at radius 2 is 1.59 bits per heavy atom. The van der Waals surface area contributed by atoms with E-state index in [1.165, 1.54) is 30.0 Å². The first-order valence-electron chi connectivity index (χ1n) is 11.7. The highest BCUT2D eigenvalue weighted by molar-refractivity contribution is 7.98. The molecule has 0 fully saturated rings. The van der Waals surface area contributed by atoms with E-state index >= 15 is 0 Å². The molecule has 11 heteroatoms. The van der Waals surface area contributed by atoms with Crippen LogP contribution in [0.25, 0.3) is 0 Å². The molecule has 0 aromatic heterocycles. The highest BCUT2D eigenvalue weighted by Gasteiger charge is 2.31. The molecule has 0 spiro atoms. The van der Waals surface area contributed by atoms with E-state index in [1.54, 1.807) is 38.1 Å². The standard InChI is InChI=1S/C26H32ClN3O6S/c1-15(2)22(30-23(32)18-10-9-17(27)14-21(18)31)25(34)29-20(13-16-7-5-4-6-8-16)24(33)28-19(26(35)36)11-12-37-3/h4-10,14-15,19-20,22,31H,11-13H2,1-3H3,(H,28,33)(H,29,34)(H,30,32)(H,35,36)/t19-,20-,22-/m0/s1. The first-order valence-corrected chi connectivity index (χ1v) is 13.5. The molecule has 9 nitrogen and oxygen atoms in total. The fraction of sp³-hybridized carbons (Fsp3) is 0.385. The normalized spacial score (nSPS) is 13.3. The quantitative estimate of drug-likeness (QED) is 0.258. The number of phenolic OH excluding ortho intramolecular Hbond substituents is 1. The lowest BCUT2D eigenvalue weighted by molar-refractivity contribution is -0.142. The zero-order valence-electron chi connectivity index (χ0n) is 20.9. The molecule has 0 saturated carbocycles. The third kappa shape index (κ3) is 9.29. The minimum absolute atomic E-state index is 0.0560. The van der Waals surface area contributed by atoms with Gasteiger partial charge in [-0.2, -0.15) is 11.8 Å². The maximum absolute atomic E-state index is 13.3. The van der Waals surface area contributed by atoms with Crippen molar-refractivity contribution in [2.24, 2.45) is 5.92 Å². The summed E-state index contributed by atoms with van der Waals surface area (Å²) in [6, 6.07) is 9.75. The molecular weight excluding hydrogens is 518 g/mol. The fourth-order valence-electron chi connectivity index (χ4n) is 3.54. The van der Waals surface area contributed by atoms with Crippen LogP contribution in [0.15, 0.2) is 48.5 Å². The molecule has 2 aromatic carbocycles. The predicted molar refractivity (Wildman–Crippen MR) is 144 cm³/mol. The van der Waals surface area contributed by atoms with Crippen LogP contribution in [0, 0.1) is 5.92 Å². The van der Waals surface area contributed by atoms with Gasteiger partial charge in [0.2, 0.25) is 11.8 Å². The van der Waals surface area contributed by atoms with Gasteiger partial charge in [0.05, 0.1) is 5.56 Å². The van der Waals surface area contributed by atoms with E-state index in [-0.39, 0.29) is 35.1 Å². The number of amides is 3. The molecule has 3 amide bonds. The summed E-state index contributed by atoms with van der Waals surface area (Å²) in [7, 11) is 0. The molecule has 2 aromatic rings. The SMILES string of the molecule is CSCC[C@H](NC(=O)[C@H](Cc1ccccc1)NC(=O)[C@@H](NC(=O)c1ccc(Cl)cc1O)C(C)C)C(=O)O. The van der Waals surface area contributed by atoms with Gasteiger partial charge in [0, 0.05) is 11.4 Å². The third-order valence-corrected chi connectivity index (χ3v) is 6.46. The number of carbonyl (C=O) groups is 4. The first-order chi connectivity index (χ1) is 17.5. The van der Waals surface area contributed by atoms with Crippen LogP contribution < -0.4 is 16.0 Å². The Labute approximate surface area is 225 Å².